The number of carbonyl (C=O) groups excluding carboxylic acids is 2. The van der Waals surface area contributed by atoms with E-state index in [1.165, 1.54) is 38.5 Å². The number of benzene rings is 1. The van der Waals surface area contributed by atoms with E-state index in [4.69, 9.17) is 26.4 Å². The van der Waals surface area contributed by atoms with E-state index < -0.39 is 18.0 Å². The molecule has 0 radical (unpaired) electrons. The van der Waals surface area contributed by atoms with E-state index in [9.17, 15) is 14.7 Å². The minimum absolute atomic E-state index is 0.00604. The molecular weight excluding hydrogens is 548 g/mol. The molecule has 43 heavy (non-hydrogen) atoms. The first-order valence-electron chi connectivity index (χ1n) is 15.8. The molecule has 1 aliphatic heterocycles. The van der Waals surface area contributed by atoms with Crippen LogP contribution < -0.4 is 16.8 Å². The van der Waals surface area contributed by atoms with Crippen LogP contribution in [-0.2, 0) is 20.9 Å². The van der Waals surface area contributed by atoms with Gasteiger partial charge in [0.25, 0.3) is 0 Å². The maximum Gasteiger partial charge on any atom is 0.416 e. The van der Waals surface area contributed by atoms with Crippen LogP contribution in [0.5, 0.6) is 0 Å². The molecule has 0 saturated carbocycles. The van der Waals surface area contributed by atoms with Gasteiger partial charge in [0.15, 0.2) is 11.9 Å². The molecule has 240 valence electrons. The Balaban J connectivity index is 1.84. The molecule has 7 N–H and O–H groups in total. The minimum atomic E-state index is -0.699. The third-order valence-electron chi connectivity index (χ3n) is 7.34. The lowest BCUT2D eigenvalue weighted by molar-refractivity contribution is -0.139. The van der Waals surface area contributed by atoms with Gasteiger partial charge in [0.1, 0.15) is 6.61 Å². The lowest BCUT2D eigenvalue weighted by Crippen LogP contribution is -2.42. The van der Waals surface area contributed by atoms with Gasteiger partial charge in [-0.15, -0.1) is 0 Å². The van der Waals surface area contributed by atoms with Crippen LogP contribution in [0.4, 0.5) is 4.79 Å². The molecule has 1 aromatic rings. The van der Waals surface area contributed by atoms with E-state index in [1.54, 1.807) is 0 Å². The van der Waals surface area contributed by atoms with Crippen LogP contribution in [0.25, 0.3) is 0 Å². The number of nitrogens with zero attached hydrogens (tertiary/aromatic N) is 2. The summed E-state index contributed by atoms with van der Waals surface area (Å²) in [6, 6.07) is 8.86. The maximum absolute atomic E-state index is 13.3. The fourth-order valence-electron chi connectivity index (χ4n) is 4.98. The van der Waals surface area contributed by atoms with Crippen molar-refractivity contribution in [3.63, 3.8) is 0 Å². The normalized spacial score (nSPS) is 14.6. The van der Waals surface area contributed by atoms with Crippen molar-refractivity contribution in [2.75, 3.05) is 19.8 Å². The lowest BCUT2D eigenvalue weighted by Gasteiger charge is -2.26. The van der Waals surface area contributed by atoms with Crippen molar-refractivity contribution in [2.24, 2.45) is 16.5 Å². The highest BCUT2D eigenvalue weighted by Gasteiger charge is 2.29. The fourth-order valence-corrected chi connectivity index (χ4v) is 4.98. The molecule has 0 saturated heterocycles. The van der Waals surface area contributed by atoms with Gasteiger partial charge in [-0.25, -0.2) is 19.5 Å². The van der Waals surface area contributed by atoms with E-state index in [1.807, 2.05) is 30.3 Å². The van der Waals surface area contributed by atoms with Crippen LogP contribution in [0.1, 0.15) is 102 Å². The zero-order valence-electron chi connectivity index (χ0n) is 25.8. The van der Waals surface area contributed by atoms with Gasteiger partial charge in [0, 0.05) is 18.8 Å². The summed E-state index contributed by atoms with van der Waals surface area (Å²) < 4.78 is 10.9. The smallest absolute Gasteiger partial charge is 0.416 e. The summed E-state index contributed by atoms with van der Waals surface area (Å²) >= 11 is 0. The van der Waals surface area contributed by atoms with Gasteiger partial charge >= 0.3 is 12.1 Å². The average molecular weight is 601 g/mol. The van der Waals surface area contributed by atoms with E-state index in [2.05, 4.69) is 17.2 Å². The molecule has 1 amide bonds. The van der Waals surface area contributed by atoms with Crippen molar-refractivity contribution in [1.82, 2.24) is 10.2 Å². The van der Waals surface area contributed by atoms with E-state index in [0.717, 1.165) is 29.7 Å². The number of allylic oxidation sites excluding steroid dienone is 1. The van der Waals surface area contributed by atoms with E-state index >= 15 is 0 Å². The summed E-state index contributed by atoms with van der Waals surface area (Å²) in [5, 5.41) is 20.1. The molecule has 11 nitrogen and oxygen atoms in total. The maximum atomic E-state index is 13.3. The van der Waals surface area contributed by atoms with Crippen LogP contribution >= 0.6 is 0 Å². The van der Waals surface area contributed by atoms with Crippen molar-refractivity contribution >= 4 is 24.0 Å². The topological polar surface area (TPSA) is 176 Å². The largest absolute Gasteiger partial charge is 0.462 e. The summed E-state index contributed by atoms with van der Waals surface area (Å²) in [5.74, 6) is -0.589. The average Bonchev–Trinajstić information content (AvgIpc) is 2.99. The van der Waals surface area contributed by atoms with Crippen molar-refractivity contribution in [3.05, 3.63) is 47.2 Å². The molecule has 0 bridgehead atoms. The molecule has 1 aliphatic rings. The Morgan fingerprint density at radius 1 is 0.977 bits per heavy atom. The summed E-state index contributed by atoms with van der Waals surface area (Å²) in [7, 11) is 0. The van der Waals surface area contributed by atoms with Crippen molar-refractivity contribution in [1.29, 1.82) is 5.41 Å². The monoisotopic (exact) mass is 600 g/mol. The number of rotatable bonds is 21. The predicted octanol–water partition coefficient (Wildman–Crippen LogP) is 5.08. The second kappa shape index (κ2) is 21.1. The lowest BCUT2D eigenvalue weighted by atomic mass is 9.95. The van der Waals surface area contributed by atoms with Crippen molar-refractivity contribution < 1.29 is 24.2 Å². The standard InChI is InChI=1S/C32H52N6O5/c1-2-3-4-5-6-7-8-9-13-19-26-28(27(20-16-22-39)37-31(35)36-26)29(40)42-23-15-14-21-38(30(33)34)32(41)43-24-25-17-11-10-12-18-25/h10-12,17-18,26,39H,2-9,13-16,19-24H2,1H3,(H3,33,34)(H3,35,36,37). The third kappa shape index (κ3) is 13.9. The number of nitrogens with two attached hydrogens (primary N) is 2. The molecule has 0 spiro atoms. The number of aliphatic hydroxyl groups is 1. The van der Waals surface area contributed by atoms with Gasteiger partial charge in [-0.3, -0.25) is 5.41 Å². The highest BCUT2D eigenvalue weighted by Crippen LogP contribution is 2.25. The van der Waals surface area contributed by atoms with Crippen molar-refractivity contribution in [3.8, 4) is 0 Å². The van der Waals surface area contributed by atoms with Crippen LogP contribution in [-0.4, -0.2) is 59.8 Å². The quantitative estimate of drug-likeness (QED) is 0.0562. The number of guanidine groups is 2. The first kappa shape index (κ1) is 35.6. The number of carbonyl (C=O) groups is 2. The molecule has 1 aromatic carbocycles. The molecule has 1 heterocycles. The Labute approximate surface area is 256 Å². The fraction of sp³-hybridized carbons (Fsp3) is 0.625. The molecule has 1 unspecified atom stereocenters. The number of amides is 1. The predicted molar refractivity (Wildman–Crippen MR) is 169 cm³/mol. The number of aliphatic imine (C=N–C) groups is 1. The Kier molecular flexibility index (Phi) is 17.5. The highest BCUT2D eigenvalue weighted by atomic mass is 16.6. The summed E-state index contributed by atoms with van der Waals surface area (Å²) in [6.07, 6.45) is 12.7. The summed E-state index contributed by atoms with van der Waals surface area (Å²) in [4.78, 5) is 31.3. The third-order valence-corrected chi connectivity index (χ3v) is 7.34. The van der Waals surface area contributed by atoms with E-state index in [0.29, 0.717) is 43.4 Å². The van der Waals surface area contributed by atoms with Crippen LogP contribution in [0.15, 0.2) is 46.6 Å². The number of esters is 1. The molecule has 0 aliphatic carbocycles. The highest BCUT2D eigenvalue weighted by molar-refractivity contribution is 5.94. The zero-order valence-corrected chi connectivity index (χ0v) is 25.8. The van der Waals surface area contributed by atoms with E-state index in [-0.39, 0.29) is 38.4 Å². The van der Waals surface area contributed by atoms with Gasteiger partial charge in [-0.1, -0.05) is 95.0 Å². The molecule has 2 rings (SSSR count). The molecule has 11 heteroatoms. The molecule has 1 atom stereocenters. The number of hydrogen-bond acceptors (Lipinski definition) is 9. The van der Waals surface area contributed by atoms with Gasteiger partial charge < -0.3 is 31.4 Å². The Morgan fingerprint density at radius 3 is 2.30 bits per heavy atom. The second-order valence-corrected chi connectivity index (χ2v) is 10.9. The van der Waals surface area contributed by atoms with Crippen LogP contribution in [0.3, 0.4) is 0 Å². The number of nitrogens with one attached hydrogen (secondary N) is 2. The van der Waals surface area contributed by atoms with Gasteiger partial charge in [0.2, 0.25) is 0 Å². The zero-order chi connectivity index (χ0) is 31.3. The van der Waals surface area contributed by atoms with Crippen LogP contribution in [0.2, 0.25) is 0 Å². The number of unbranched alkanes of at least 4 members (excludes halogenated alkanes) is 9. The first-order valence-corrected chi connectivity index (χ1v) is 15.8. The number of aliphatic hydroxyl groups excluding tert-OH is 1. The van der Waals surface area contributed by atoms with Crippen molar-refractivity contribution in [2.45, 2.75) is 109 Å². The SMILES string of the molecule is CCCCCCCCCCCC1N=C(N)NC(CCCO)=C1C(=O)OCCCCN(C(=N)N)C(=O)OCc1ccccc1. The van der Waals surface area contributed by atoms with Crippen LogP contribution in [0, 0.1) is 5.41 Å². The van der Waals surface area contributed by atoms with Gasteiger partial charge in [-0.2, -0.15) is 0 Å². The summed E-state index contributed by atoms with van der Waals surface area (Å²) in [5.41, 5.74) is 13.6. The Hall–Kier alpha value is -3.60. The second-order valence-electron chi connectivity index (χ2n) is 10.9. The molecular formula is C32H52N6O5. The Morgan fingerprint density at radius 2 is 1.65 bits per heavy atom. The Bertz CT molecular complexity index is 1050. The van der Waals surface area contributed by atoms with Gasteiger partial charge in [0.05, 0.1) is 18.2 Å². The molecule has 0 aromatic heterocycles. The first-order chi connectivity index (χ1) is 20.9. The number of hydrogen-bond donors (Lipinski definition) is 5. The minimum Gasteiger partial charge on any atom is -0.462 e. The summed E-state index contributed by atoms with van der Waals surface area (Å²) in [6.45, 7) is 2.59. The number of ether oxygens (including phenoxy) is 2. The van der Waals surface area contributed by atoms with Gasteiger partial charge in [-0.05, 0) is 37.7 Å². The molecule has 0 fully saturated rings.